The fourth-order valence-corrected chi connectivity index (χ4v) is 2.88. The third-order valence-electron chi connectivity index (χ3n) is 1.56. The average Bonchev–Trinajstić information content (AvgIpc) is 2.59. The van der Waals surface area contributed by atoms with Gasteiger partial charge in [0.15, 0.2) is 0 Å². The lowest BCUT2D eigenvalue weighted by Gasteiger charge is -2.04. The molecule has 2 heterocycles. The van der Waals surface area contributed by atoms with Crippen molar-refractivity contribution in [2.75, 3.05) is 12.3 Å². The zero-order valence-corrected chi connectivity index (χ0v) is 7.17. The maximum Gasteiger partial charge on any atom is 0.0798 e. The van der Waals surface area contributed by atoms with Gasteiger partial charge in [0.05, 0.1) is 5.37 Å². The van der Waals surface area contributed by atoms with Gasteiger partial charge in [-0.05, 0) is 22.4 Å². The van der Waals surface area contributed by atoms with E-state index < -0.39 is 0 Å². The van der Waals surface area contributed by atoms with Gasteiger partial charge in [0.1, 0.15) is 0 Å². The molecular formula is C7H9NS2. The molecule has 0 aromatic carbocycles. The highest BCUT2D eigenvalue weighted by Gasteiger charge is 2.15. The van der Waals surface area contributed by atoms with E-state index in [9.17, 15) is 0 Å². The number of hydrogen-bond acceptors (Lipinski definition) is 3. The predicted octanol–water partition coefficient (Wildman–Crippen LogP) is 2.08. The lowest BCUT2D eigenvalue weighted by atomic mass is 10.3. The number of nitrogens with one attached hydrogen (secondary N) is 1. The second-order valence-corrected chi connectivity index (χ2v) is 4.25. The molecule has 54 valence electrons. The van der Waals surface area contributed by atoms with E-state index in [0.717, 1.165) is 6.54 Å². The normalized spacial score (nSPS) is 25.4. The molecule has 0 spiro atoms. The number of rotatable bonds is 1. The van der Waals surface area contributed by atoms with Crippen LogP contribution in [0.2, 0.25) is 0 Å². The van der Waals surface area contributed by atoms with Crippen LogP contribution < -0.4 is 5.32 Å². The van der Waals surface area contributed by atoms with Gasteiger partial charge in [-0.2, -0.15) is 11.3 Å². The summed E-state index contributed by atoms with van der Waals surface area (Å²) in [5, 5.41) is 8.36. The van der Waals surface area contributed by atoms with Crippen LogP contribution in [0, 0.1) is 0 Å². The van der Waals surface area contributed by atoms with Crippen molar-refractivity contribution < 1.29 is 0 Å². The second kappa shape index (κ2) is 2.95. The van der Waals surface area contributed by atoms with E-state index in [2.05, 4.69) is 22.1 Å². The van der Waals surface area contributed by atoms with Gasteiger partial charge in [0.25, 0.3) is 0 Å². The Bertz CT molecular complexity index is 189. The Balaban J connectivity index is 2.12. The minimum Gasteiger partial charge on any atom is -0.301 e. The van der Waals surface area contributed by atoms with Crippen molar-refractivity contribution in [3.05, 3.63) is 22.4 Å². The van der Waals surface area contributed by atoms with Crippen LogP contribution in [0.1, 0.15) is 10.9 Å². The SMILES string of the molecule is c1cc([C@H]2NCCS2)cs1. The largest absolute Gasteiger partial charge is 0.301 e. The number of thiophene rings is 1. The molecule has 1 fully saturated rings. The van der Waals surface area contributed by atoms with E-state index in [1.807, 2.05) is 11.8 Å². The fourth-order valence-electron chi connectivity index (χ4n) is 1.06. The molecule has 0 bridgehead atoms. The van der Waals surface area contributed by atoms with Crippen LogP contribution in [0.4, 0.5) is 0 Å². The molecule has 1 aromatic heterocycles. The van der Waals surface area contributed by atoms with Crippen molar-refractivity contribution in [1.29, 1.82) is 0 Å². The van der Waals surface area contributed by atoms with Crippen LogP contribution in [0.15, 0.2) is 16.8 Å². The Kier molecular flexibility index (Phi) is 1.97. The fraction of sp³-hybridized carbons (Fsp3) is 0.429. The molecule has 3 heteroatoms. The van der Waals surface area contributed by atoms with E-state index in [0.29, 0.717) is 5.37 Å². The molecule has 1 aliphatic rings. The highest BCUT2D eigenvalue weighted by Crippen LogP contribution is 2.30. The van der Waals surface area contributed by atoms with E-state index >= 15 is 0 Å². The van der Waals surface area contributed by atoms with Crippen molar-refractivity contribution in [1.82, 2.24) is 5.32 Å². The summed E-state index contributed by atoms with van der Waals surface area (Å²) < 4.78 is 0. The summed E-state index contributed by atoms with van der Waals surface area (Å²) >= 11 is 3.77. The van der Waals surface area contributed by atoms with E-state index in [1.54, 1.807) is 11.3 Å². The Hall–Kier alpha value is 0.01000. The summed E-state index contributed by atoms with van der Waals surface area (Å²) in [7, 11) is 0. The molecule has 1 nitrogen and oxygen atoms in total. The minimum absolute atomic E-state index is 0.575. The van der Waals surface area contributed by atoms with Gasteiger partial charge in [-0.3, -0.25) is 0 Å². The van der Waals surface area contributed by atoms with Crippen LogP contribution >= 0.6 is 23.1 Å². The molecule has 1 aliphatic heterocycles. The number of hydrogen-bond donors (Lipinski definition) is 1. The van der Waals surface area contributed by atoms with Gasteiger partial charge in [-0.25, -0.2) is 0 Å². The first-order valence-corrected chi connectivity index (χ1v) is 5.33. The van der Waals surface area contributed by atoms with Gasteiger partial charge in [-0.15, -0.1) is 11.8 Å². The van der Waals surface area contributed by atoms with Crippen molar-refractivity contribution in [2.45, 2.75) is 5.37 Å². The molecule has 1 saturated heterocycles. The molecule has 0 amide bonds. The predicted molar refractivity (Wildman–Crippen MR) is 47.5 cm³/mol. The van der Waals surface area contributed by atoms with Gasteiger partial charge in [-0.1, -0.05) is 0 Å². The molecular weight excluding hydrogens is 162 g/mol. The van der Waals surface area contributed by atoms with Crippen molar-refractivity contribution in [3.63, 3.8) is 0 Å². The first kappa shape index (κ1) is 6.70. The Morgan fingerprint density at radius 3 is 3.20 bits per heavy atom. The van der Waals surface area contributed by atoms with Crippen LogP contribution in [0.5, 0.6) is 0 Å². The van der Waals surface area contributed by atoms with Crippen molar-refractivity contribution in [3.8, 4) is 0 Å². The van der Waals surface area contributed by atoms with Crippen LogP contribution in [0.3, 0.4) is 0 Å². The molecule has 0 unspecified atom stereocenters. The average molecular weight is 171 g/mol. The zero-order chi connectivity index (χ0) is 6.81. The van der Waals surface area contributed by atoms with E-state index in [4.69, 9.17) is 0 Å². The zero-order valence-electron chi connectivity index (χ0n) is 5.54. The second-order valence-electron chi connectivity index (χ2n) is 2.26. The molecule has 0 radical (unpaired) electrons. The van der Waals surface area contributed by atoms with Crippen molar-refractivity contribution in [2.24, 2.45) is 0 Å². The van der Waals surface area contributed by atoms with E-state index in [-0.39, 0.29) is 0 Å². The van der Waals surface area contributed by atoms with Crippen molar-refractivity contribution >= 4 is 23.1 Å². The highest BCUT2D eigenvalue weighted by molar-refractivity contribution is 7.99. The summed E-state index contributed by atoms with van der Waals surface area (Å²) in [6.45, 7) is 1.16. The Morgan fingerprint density at radius 1 is 1.60 bits per heavy atom. The maximum atomic E-state index is 3.43. The smallest absolute Gasteiger partial charge is 0.0798 e. The summed E-state index contributed by atoms with van der Waals surface area (Å²) in [5.41, 5.74) is 1.44. The molecule has 1 N–H and O–H groups in total. The lowest BCUT2D eigenvalue weighted by molar-refractivity contribution is 0.753. The highest BCUT2D eigenvalue weighted by atomic mass is 32.2. The molecule has 2 rings (SSSR count). The Labute approximate surface area is 68.8 Å². The topological polar surface area (TPSA) is 12.0 Å². The maximum absolute atomic E-state index is 3.43. The molecule has 0 aliphatic carbocycles. The standard InChI is InChI=1S/C7H9NS2/c1-3-9-5-6(1)7-8-2-4-10-7/h1,3,5,7-8H,2,4H2/t7-/m0/s1. The van der Waals surface area contributed by atoms with Crippen LogP contribution in [-0.4, -0.2) is 12.3 Å². The molecule has 0 saturated carbocycles. The van der Waals surface area contributed by atoms with Gasteiger partial charge < -0.3 is 5.32 Å². The summed E-state index contributed by atoms with van der Waals surface area (Å²) in [6.07, 6.45) is 0. The summed E-state index contributed by atoms with van der Waals surface area (Å²) in [5.74, 6) is 1.25. The van der Waals surface area contributed by atoms with Crippen LogP contribution in [-0.2, 0) is 0 Å². The molecule has 1 aromatic rings. The Morgan fingerprint density at radius 2 is 2.60 bits per heavy atom. The third-order valence-corrected chi connectivity index (χ3v) is 3.48. The summed E-state index contributed by atoms with van der Waals surface area (Å²) in [6, 6.07) is 2.20. The first-order valence-electron chi connectivity index (χ1n) is 3.34. The monoisotopic (exact) mass is 171 g/mol. The van der Waals surface area contributed by atoms with Gasteiger partial charge in [0, 0.05) is 12.3 Å². The molecule has 1 atom stereocenters. The lowest BCUT2D eigenvalue weighted by Crippen LogP contribution is -2.10. The van der Waals surface area contributed by atoms with Crippen LogP contribution in [0.25, 0.3) is 0 Å². The molecule has 10 heavy (non-hydrogen) atoms. The van der Waals surface area contributed by atoms with Gasteiger partial charge in [0.2, 0.25) is 0 Å². The first-order chi connectivity index (χ1) is 4.97. The third kappa shape index (κ3) is 1.21. The minimum atomic E-state index is 0.575. The quantitative estimate of drug-likeness (QED) is 0.694. The van der Waals surface area contributed by atoms with Gasteiger partial charge >= 0.3 is 0 Å². The van der Waals surface area contributed by atoms with E-state index in [1.165, 1.54) is 11.3 Å². The number of thioether (sulfide) groups is 1. The summed E-state index contributed by atoms with van der Waals surface area (Å²) in [4.78, 5) is 0.